The Kier molecular flexibility index (Phi) is 4.62. The van der Waals surface area contributed by atoms with E-state index in [1.54, 1.807) is 0 Å². The van der Waals surface area contributed by atoms with Gasteiger partial charge in [0.2, 0.25) is 0 Å². The molecule has 2 heterocycles. The van der Waals surface area contributed by atoms with Crippen molar-refractivity contribution in [2.75, 3.05) is 24.5 Å². The predicted octanol–water partition coefficient (Wildman–Crippen LogP) is 3.56. The largest absolute Gasteiger partial charge is 0.367 e. The number of hydrogen-bond acceptors (Lipinski definition) is 5. The lowest BCUT2D eigenvalue weighted by molar-refractivity contribution is 0.436. The van der Waals surface area contributed by atoms with E-state index < -0.39 is 0 Å². The maximum Gasteiger partial charge on any atom is 0.129 e. The molecule has 0 aliphatic carbocycles. The molecule has 6 heteroatoms. The van der Waals surface area contributed by atoms with Gasteiger partial charge in [0.25, 0.3) is 0 Å². The van der Waals surface area contributed by atoms with Gasteiger partial charge in [-0.1, -0.05) is 25.4 Å². The second kappa shape index (κ2) is 6.46. The number of nitrogens with zero attached hydrogens (tertiary/aromatic N) is 3. The van der Waals surface area contributed by atoms with E-state index in [1.165, 1.54) is 18.1 Å². The molecule has 1 unspecified atom stereocenters. The Bertz CT molecular complexity index is 613. The number of fused-ring (bicyclic) bond motifs is 1. The second-order valence-electron chi connectivity index (χ2n) is 6.11. The predicted molar refractivity (Wildman–Crippen MR) is 90.5 cm³/mol. The van der Waals surface area contributed by atoms with Crippen molar-refractivity contribution in [2.45, 2.75) is 32.7 Å². The van der Waals surface area contributed by atoms with Crippen LogP contribution in [0.25, 0.3) is 11.0 Å². The number of halogens is 1. The summed E-state index contributed by atoms with van der Waals surface area (Å²) in [5, 5.41) is 4.43. The molecule has 1 fully saturated rings. The molecule has 21 heavy (non-hydrogen) atoms. The van der Waals surface area contributed by atoms with Crippen molar-refractivity contribution < 1.29 is 0 Å². The first-order valence-corrected chi connectivity index (χ1v) is 8.65. The minimum atomic E-state index is 0.505. The molecule has 1 aromatic carbocycles. The fourth-order valence-electron chi connectivity index (χ4n) is 3.04. The molecule has 1 aliphatic rings. The molecular formula is C15H21ClN4S. The van der Waals surface area contributed by atoms with Crippen LogP contribution in [0.15, 0.2) is 12.1 Å². The van der Waals surface area contributed by atoms with Gasteiger partial charge in [-0.05, 0) is 37.4 Å². The quantitative estimate of drug-likeness (QED) is 0.937. The van der Waals surface area contributed by atoms with Crippen LogP contribution in [0, 0.1) is 5.92 Å². The average molecular weight is 325 g/mol. The Hall–Kier alpha value is -0.910. The summed E-state index contributed by atoms with van der Waals surface area (Å²) in [5.41, 5.74) is 2.94. The molecule has 1 N–H and O–H groups in total. The summed E-state index contributed by atoms with van der Waals surface area (Å²) >= 11 is 7.73. The van der Waals surface area contributed by atoms with Gasteiger partial charge in [-0.25, -0.2) is 0 Å². The van der Waals surface area contributed by atoms with Crippen LogP contribution in [0.5, 0.6) is 0 Å². The number of nitrogens with one attached hydrogen (secondary N) is 1. The normalized spacial score (nSPS) is 20.2. The van der Waals surface area contributed by atoms with E-state index >= 15 is 0 Å². The van der Waals surface area contributed by atoms with Crippen LogP contribution in [0.4, 0.5) is 5.69 Å². The third-order valence-corrected chi connectivity index (χ3v) is 4.75. The number of anilines is 1. The van der Waals surface area contributed by atoms with Gasteiger partial charge in [0.05, 0.1) is 22.4 Å². The van der Waals surface area contributed by atoms with E-state index in [-0.39, 0.29) is 0 Å². The standard InChI is InChI=1S/C15H21ClN4S/c1-10(2)8-11-9-20(7-3-6-17-11)15-12(16)4-5-13-14(15)19-21-18-13/h4-5,10-11,17H,3,6-9H2,1-2H3. The van der Waals surface area contributed by atoms with Crippen molar-refractivity contribution in [1.82, 2.24) is 14.1 Å². The van der Waals surface area contributed by atoms with Gasteiger partial charge in [0.15, 0.2) is 0 Å². The summed E-state index contributed by atoms with van der Waals surface area (Å²) in [6.07, 6.45) is 2.30. The highest BCUT2D eigenvalue weighted by Crippen LogP contribution is 2.34. The van der Waals surface area contributed by atoms with Crippen LogP contribution in [-0.2, 0) is 0 Å². The highest BCUT2D eigenvalue weighted by Gasteiger charge is 2.23. The average Bonchev–Trinajstić information content (AvgIpc) is 2.78. The van der Waals surface area contributed by atoms with Crippen molar-refractivity contribution in [3.8, 4) is 0 Å². The Morgan fingerprint density at radius 1 is 1.43 bits per heavy atom. The van der Waals surface area contributed by atoms with Gasteiger partial charge in [-0.3, -0.25) is 0 Å². The molecule has 0 bridgehead atoms. The molecule has 0 spiro atoms. The van der Waals surface area contributed by atoms with Gasteiger partial charge in [0.1, 0.15) is 11.0 Å². The highest BCUT2D eigenvalue weighted by molar-refractivity contribution is 7.00. The zero-order valence-corrected chi connectivity index (χ0v) is 14.0. The minimum Gasteiger partial charge on any atom is -0.367 e. The van der Waals surface area contributed by atoms with E-state index in [0.717, 1.165) is 47.8 Å². The zero-order chi connectivity index (χ0) is 14.8. The number of hydrogen-bond donors (Lipinski definition) is 1. The molecule has 0 saturated carbocycles. The third kappa shape index (κ3) is 3.30. The maximum atomic E-state index is 6.47. The smallest absolute Gasteiger partial charge is 0.129 e. The van der Waals surface area contributed by atoms with Crippen LogP contribution in [0.1, 0.15) is 26.7 Å². The second-order valence-corrected chi connectivity index (χ2v) is 7.04. The van der Waals surface area contributed by atoms with Gasteiger partial charge in [0, 0.05) is 19.1 Å². The Labute approximate surface area is 134 Å². The fraction of sp³-hybridized carbons (Fsp3) is 0.600. The molecule has 1 atom stereocenters. The molecule has 114 valence electrons. The van der Waals surface area contributed by atoms with E-state index in [4.69, 9.17) is 11.6 Å². The Morgan fingerprint density at radius 3 is 3.10 bits per heavy atom. The summed E-state index contributed by atoms with van der Waals surface area (Å²) in [7, 11) is 0. The van der Waals surface area contributed by atoms with Crippen molar-refractivity contribution in [3.63, 3.8) is 0 Å². The van der Waals surface area contributed by atoms with Crippen LogP contribution in [0.3, 0.4) is 0 Å². The summed E-state index contributed by atoms with van der Waals surface area (Å²) < 4.78 is 8.79. The van der Waals surface area contributed by atoms with Crippen molar-refractivity contribution in [2.24, 2.45) is 5.92 Å². The molecule has 1 aliphatic heterocycles. The molecule has 2 aromatic rings. The van der Waals surface area contributed by atoms with Crippen molar-refractivity contribution in [1.29, 1.82) is 0 Å². The molecule has 0 amide bonds. The van der Waals surface area contributed by atoms with Crippen molar-refractivity contribution in [3.05, 3.63) is 17.2 Å². The first-order chi connectivity index (χ1) is 10.1. The molecule has 0 radical (unpaired) electrons. The van der Waals surface area contributed by atoms with Crippen LogP contribution >= 0.6 is 23.3 Å². The lowest BCUT2D eigenvalue weighted by Gasteiger charge is -2.28. The van der Waals surface area contributed by atoms with Gasteiger partial charge in [-0.15, -0.1) is 0 Å². The van der Waals surface area contributed by atoms with Crippen LogP contribution < -0.4 is 10.2 Å². The van der Waals surface area contributed by atoms with Crippen LogP contribution in [-0.4, -0.2) is 34.4 Å². The molecule has 1 aromatic heterocycles. The summed E-state index contributed by atoms with van der Waals surface area (Å²) in [5.74, 6) is 0.689. The highest BCUT2D eigenvalue weighted by atomic mass is 35.5. The molecule has 3 rings (SSSR count). The third-order valence-electron chi connectivity index (χ3n) is 3.90. The SMILES string of the molecule is CC(C)CC1CN(c2c(Cl)ccc3nsnc23)CCCN1. The molecule has 4 nitrogen and oxygen atoms in total. The number of benzene rings is 1. The maximum absolute atomic E-state index is 6.47. The zero-order valence-electron chi connectivity index (χ0n) is 12.5. The molecule has 1 saturated heterocycles. The van der Waals surface area contributed by atoms with Gasteiger partial charge < -0.3 is 10.2 Å². The summed E-state index contributed by atoms with van der Waals surface area (Å²) in [6.45, 7) is 7.60. The topological polar surface area (TPSA) is 41.1 Å². The van der Waals surface area contributed by atoms with E-state index in [0.29, 0.717) is 12.0 Å². The lowest BCUT2D eigenvalue weighted by Crippen LogP contribution is -2.38. The number of rotatable bonds is 3. The first kappa shape index (κ1) is 15.0. The van der Waals surface area contributed by atoms with Gasteiger partial charge >= 0.3 is 0 Å². The Morgan fingerprint density at radius 2 is 2.29 bits per heavy atom. The lowest BCUT2D eigenvalue weighted by atomic mass is 10.0. The van der Waals surface area contributed by atoms with E-state index in [9.17, 15) is 0 Å². The van der Waals surface area contributed by atoms with E-state index in [2.05, 4.69) is 32.8 Å². The fourth-order valence-corrected chi connectivity index (χ4v) is 3.85. The monoisotopic (exact) mass is 324 g/mol. The van der Waals surface area contributed by atoms with Crippen molar-refractivity contribution >= 4 is 40.0 Å². The molecular weight excluding hydrogens is 304 g/mol. The van der Waals surface area contributed by atoms with Gasteiger partial charge in [-0.2, -0.15) is 8.75 Å². The van der Waals surface area contributed by atoms with Crippen LogP contribution in [0.2, 0.25) is 5.02 Å². The Balaban J connectivity index is 1.92. The first-order valence-electron chi connectivity index (χ1n) is 7.54. The number of aromatic nitrogens is 2. The van der Waals surface area contributed by atoms with E-state index in [1.807, 2.05) is 12.1 Å². The summed E-state index contributed by atoms with van der Waals surface area (Å²) in [6, 6.07) is 4.40. The summed E-state index contributed by atoms with van der Waals surface area (Å²) in [4.78, 5) is 2.39. The minimum absolute atomic E-state index is 0.505.